The fourth-order valence-corrected chi connectivity index (χ4v) is 2.62. The monoisotopic (exact) mass is 255 g/mol. The number of amides is 1. The van der Waals surface area contributed by atoms with Crippen LogP contribution in [-0.4, -0.2) is 35.0 Å². The van der Waals surface area contributed by atoms with E-state index in [1.165, 1.54) is 0 Å². The maximum Gasteiger partial charge on any atom is 0.306 e. The molecule has 0 aromatic heterocycles. The SMILES string of the molecule is CCCCCC(=O)N(C)C1CCC(C(=O)O)CC1. The summed E-state index contributed by atoms with van der Waals surface area (Å²) in [6.45, 7) is 2.13. The average molecular weight is 255 g/mol. The number of carbonyl (C=O) groups excluding carboxylic acids is 1. The quantitative estimate of drug-likeness (QED) is 0.742. The van der Waals surface area contributed by atoms with E-state index in [9.17, 15) is 9.59 Å². The molecule has 4 heteroatoms. The number of hydrogen-bond acceptors (Lipinski definition) is 2. The Hall–Kier alpha value is -1.06. The van der Waals surface area contributed by atoms with Crippen molar-refractivity contribution in [2.45, 2.75) is 64.3 Å². The number of rotatable bonds is 6. The van der Waals surface area contributed by atoms with Gasteiger partial charge in [-0.25, -0.2) is 0 Å². The molecule has 0 aromatic rings. The van der Waals surface area contributed by atoms with Crippen molar-refractivity contribution >= 4 is 11.9 Å². The lowest BCUT2D eigenvalue weighted by atomic mass is 9.85. The van der Waals surface area contributed by atoms with Crippen LogP contribution in [0.5, 0.6) is 0 Å². The van der Waals surface area contributed by atoms with Gasteiger partial charge in [-0.2, -0.15) is 0 Å². The molecule has 0 aromatic carbocycles. The van der Waals surface area contributed by atoms with Gasteiger partial charge in [-0.1, -0.05) is 19.8 Å². The van der Waals surface area contributed by atoms with Crippen molar-refractivity contribution in [2.24, 2.45) is 5.92 Å². The summed E-state index contributed by atoms with van der Waals surface area (Å²) in [4.78, 5) is 24.6. The van der Waals surface area contributed by atoms with Crippen LogP contribution < -0.4 is 0 Å². The number of aliphatic carboxylic acids is 1. The van der Waals surface area contributed by atoms with Gasteiger partial charge < -0.3 is 10.0 Å². The molecule has 4 nitrogen and oxygen atoms in total. The standard InChI is InChI=1S/C14H25NO3/c1-3-4-5-6-13(16)15(2)12-9-7-11(8-10-12)14(17)18/h11-12H,3-10H2,1-2H3,(H,17,18). The van der Waals surface area contributed by atoms with Crippen LogP contribution in [-0.2, 0) is 9.59 Å². The minimum atomic E-state index is -0.689. The zero-order valence-corrected chi connectivity index (χ0v) is 11.5. The van der Waals surface area contributed by atoms with Gasteiger partial charge in [0, 0.05) is 19.5 Å². The minimum absolute atomic E-state index is 0.204. The van der Waals surface area contributed by atoms with Crippen LogP contribution in [0.4, 0.5) is 0 Å². The van der Waals surface area contributed by atoms with Crippen molar-refractivity contribution in [1.82, 2.24) is 4.90 Å². The molecule has 0 heterocycles. The highest BCUT2D eigenvalue weighted by Crippen LogP contribution is 2.27. The second-order valence-electron chi connectivity index (χ2n) is 5.31. The van der Waals surface area contributed by atoms with Crippen LogP contribution in [0.25, 0.3) is 0 Å². The molecule has 1 aliphatic rings. The number of carboxylic acids is 1. The Morgan fingerprint density at radius 3 is 2.28 bits per heavy atom. The van der Waals surface area contributed by atoms with Crippen LogP contribution in [0.3, 0.4) is 0 Å². The van der Waals surface area contributed by atoms with E-state index in [2.05, 4.69) is 6.92 Å². The van der Waals surface area contributed by atoms with Crippen LogP contribution in [0.15, 0.2) is 0 Å². The molecule has 1 fully saturated rings. The number of carboxylic acid groups (broad SMARTS) is 1. The Bertz CT molecular complexity index is 283. The summed E-state index contributed by atoms with van der Waals surface area (Å²) >= 11 is 0. The van der Waals surface area contributed by atoms with Crippen molar-refractivity contribution in [3.63, 3.8) is 0 Å². The average Bonchev–Trinajstić information content (AvgIpc) is 2.38. The van der Waals surface area contributed by atoms with E-state index in [1.807, 2.05) is 11.9 Å². The van der Waals surface area contributed by atoms with E-state index < -0.39 is 5.97 Å². The lowest BCUT2D eigenvalue weighted by molar-refractivity contribution is -0.143. The van der Waals surface area contributed by atoms with Gasteiger partial charge in [-0.15, -0.1) is 0 Å². The summed E-state index contributed by atoms with van der Waals surface area (Å²) in [7, 11) is 1.86. The molecule has 1 rings (SSSR count). The van der Waals surface area contributed by atoms with Gasteiger partial charge in [0.15, 0.2) is 0 Å². The summed E-state index contributed by atoms with van der Waals surface area (Å²) in [5, 5.41) is 8.94. The molecular formula is C14H25NO3. The zero-order chi connectivity index (χ0) is 13.5. The minimum Gasteiger partial charge on any atom is -0.481 e. The molecule has 0 unspecified atom stereocenters. The van der Waals surface area contributed by atoms with Gasteiger partial charge >= 0.3 is 5.97 Å². The second-order valence-corrected chi connectivity index (χ2v) is 5.31. The third-order valence-corrected chi connectivity index (χ3v) is 3.98. The summed E-state index contributed by atoms with van der Waals surface area (Å²) in [5.74, 6) is -0.683. The van der Waals surface area contributed by atoms with Gasteiger partial charge in [0.2, 0.25) is 5.91 Å². The maximum absolute atomic E-state index is 11.9. The number of hydrogen-bond donors (Lipinski definition) is 1. The van der Waals surface area contributed by atoms with Crippen LogP contribution in [0.2, 0.25) is 0 Å². The fourth-order valence-electron chi connectivity index (χ4n) is 2.62. The zero-order valence-electron chi connectivity index (χ0n) is 11.5. The summed E-state index contributed by atoms with van der Waals surface area (Å²) in [5.41, 5.74) is 0. The molecule has 0 radical (unpaired) electrons. The Labute approximate surface area is 109 Å². The second kappa shape index (κ2) is 7.39. The lowest BCUT2D eigenvalue weighted by Gasteiger charge is -2.33. The largest absolute Gasteiger partial charge is 0.481 e. The highest BCUT2D eigenvalue weighted by molar-refractivity contribution is 5.76. The van der Waals surface area contributed by atoms with Gasteiger partial charge in [0.05, 0.1) is 5.92 Å². The van der Waals surface area contributed by atoms with Gasteiger partial charge in [0.1, 0.15) is 0 Å². The Morgan fingerprint density at radius 1 is 1.17 bits per heavy atom. The molecule has 0 atom stereocenters. The predicted molar refractivity (Wildman–Crippen MR) is 70.3 cm³/mol. The molecule has 0 bridgehead atoms. The highest BCUT2D eigenvalue weighted by atomic mass is 16.4. The summed E-state index contributed by atoms with van der Waals surface area (Å²) in [6.07, 6.45) is 6.87. The molecule has 1 aliphatic carbocycles. The first-order valence-electron chi connectivity index (χ1n) is 7.04. The van der Waals surface area contributed by atoms with Crippen LogP contribution >= 0.6 is 0 Å². The van der Waals surface area contributed by atoms with E-state index >= 15 is 0 Å². The summed E-state index contributed by atoms with van der Waals surface area (Å²) < 4.78 is 0. The topological polar surface area (TPSA) is 57.6 Å². The smallest absolute Gasteiger partial charge is 0.306 e. The maximum atomic E-state index is 11.9. The van der Waals surface area contributed by atoms with Gasteiger partial charge in [0.25, 0.3) is 0 Å². The van der Waals surface area contributed by atoms with E-state index in [-0.39, 0.29) is 17.9 Å². The molecule has 0 aliphatic heterocycles. The predicted octanol–water partition coefficient (Wildman–Crippen LogP) is 2.67. The molecular weight excluding hydrogens is 230 g/mol. The van der Waals surface area contributed by atoms with Crippen LogP contribution in [0.1, 0.15) is 58.3 Å². The summed E-state index contributed by atoms with van der Waals surface area (Å²) in [6, 6.07) is 0.245. The van der Waals surface area contributed by atoms with Gasteiger partial charge in [-0.3, -0.25) is 9.59 Å². The third kappa shape index (κ3) is 4.31. The molecule has 0 saturated heterocycles. The van der Waals surface area contributed by atoms with E-state index in [1.54, 1.807) is 0 Å². The Kier molecular flexibility index (Phi) is 6.16. The first-order valence-corrected chi connectivity index (χ1v) is 7.04. The number of carbonyl (C=O) groups is 2. The molecule has 104 valence electrons. The van der Waals surface area contributed by atoms with Crippen LogP contribution in [0, 0.1) is 5.92 Å². The van der Waals surface area contributed by atoms with E-state index in [4.69, 9.17) is 5.11 Å². The van der Waals surface area contributed by atoms with Gasteiger partial charge in [-0.05, 0) is 32.1 Å². The molecule has 1 saturated carbocycles. The number of nitrogens with zero attached hydrogens (tertiary/aromatic N) is 1. The molecule has 0 spiro atoms. The van der Waals surface area contributed by atoms with Crippen molar-refractivity contribution < 1.29 is 14.7 Å². The molecule has 18 heavy (non-hydrogen) atoms. The fraction of sp³-hybridized carbons (Fsp3) is 0.857. The molecule has 1 N–H and O–H groups in total. The highest BCUT2D eigenvalue weighted by Gasteiger charge is 2.29. The van der Waals surface area contributed by atoms with E-state index in [0.29, 0.717) is 19.3 Å². The van der Waals surface area contributed by atoms with Crippen molar-refractivity contribution in [3.05, 3.63) is 0 Å². The molecule has 1 amide bonds. The first kappa shape index (κ1) is 15.0. The Balaban J connectivity index is 2.32. The van der Waals surface area contributed by atoms with Crippen molar-refractivity contribution in [3.8, 4) is 0 Å². The first-order chi connectivity index (χ1) is 8.56. The van der Waals surface area contributed by atoms with Crippen molar-refractivity contribution in [1.29, 1.82) is 0 Å². The van der Waals surface area contributed by atoms with E-state index in [0.717, 1.165) is 32.1 Å². The third-order valence-electron chi connectivity index (χ3n) is 3.98. The lowest BCUT2D eigenvalue weighted by Crippen LogP contribution is -2.40. The normalized spacial score (nSPS) is 23.7. The number of unbranched alkanes of at least 4 members (excludes halogenated alkanes) is 2. The Morgan fingerprint density at radius 2 is 1.78 bits per heavy atom. The van der Waals surface area contributed by atoms with Crippen molar-refractivity contribution in [2.75, 3.05) is 7.05 Å².